The van der Waals surface area contributed by atoms with Gasteiger partial charge < -0.3 is 24.4 Å². The number of nitrogens with one attached hydrogen (secondary N) is 1. The van der Waals surface area contributed by atoms with Crippen LogP contribution >= 0.6 is 0 Å². The number of nitrogens with zero attached hydrogens (tertiary/aromatic N) is 6. The predicted molar refractivity (Wildman–Crippen MR) is 125 cm³/mol. The minimum Gasteiger partial charge on any atom is -0.473 e. The van der Waals surface area contributed by atoms with E-state index >= 15 is 0 Å². The fourth-order valence-electron chi connectivity index (χ4n) is 4.67. The summed E-state index contributed by atoms with van der Waals surface area (Å²) in [7, 11) is 0. The molecule has 1 aromatic carbocycles. The Morgan fingerprint density at radius 1 is 1.17 bits per heavy atom. The number of ether oxygens (including phenoxy) is 3. The van der Waals surface area contributed by atoms with Gasteiger partial charge in [-0.1, -0.05) is 0 Å². The summed E-state index contributed by atoms with van der Waals surface area (Å²) in [6.45, 7) is 3.82. The molecule has 1 amide bonds. The summed E-state index contributed by atoms with van der Waals surface area (Å²) >= 11 is 0. The smallest absolute Gasteiger partial charge is 0.410 e. The molecule has 2 aliphatic heterocycles. The third kappa shape index (κ3) is 4.55. The van der Waals surface area contributed by atoms with Gasteiger partial charge in [-0.25, -0.2) is 28.8 Å². The molecule has 6 rings (SSSR count). The zero-order valence-electron chi connectivity index (χ0n) is 19.7. The Hall–Kier alpha value is -3.80. The van der Waals surface area contributed by atoms with Gasteiger partial charge in [0.2, 0.25) is 5.88 Å². The van der Waals surface area contributed by atoms with Crippen LogP contribution in [0, 0.1) is 24.6 Å². The van der Waals surface area contributed by atoms with E-state index in [2.05, 4.69) is 25.4 Å². The molecule has 11 nitrogen and oxygen atoms in total. The van der Waals surface area contributed by atoms with Crippen molar-refractivity contribution in [2.24, 2.45) is 11.8 Å². The molecule has 4 heterocycles. The number of halogens is 1. The van der Waals surface area contributed by atoms with Gasteiger partial charge in [-0.15, -0.1) is 0 Å². The fourth-order valence-corrected chi connectivity index (χ4v) is 4.67. The summed E-state index contributed by atoms with van der Waals surface area (Å²) in [6, 6.07) is 4.72. The normalized spacial score (nSPS) is 23.3. The molecule has 1 N–H and O–H groups in total. The minimum atomic E-state index is -0.458. The molecule has 2 unspecified atom stereocenters. The Labute approximate surface area is 206 Å². The third-order valence-corrected chi connectivity index (χ3v) is 6.73. The molecule has 3 aliphatic rings. The number of rotatable bonds is 6. The predicted octanol–water partition coefficient (Wildman–Crippen LogP) is 2.87. The van der Waals surface area contributed by atoms with Gasteiger partial charge in [0, 0.05) is 31.0 Å². The van der Waals surface area contributed by atoms with Crippen molar-refractivity contribution in [2.45, 2.75) is 32.0 Å². The number of amides is 1. The number of carbonyl (C=O) groups is 1. The minimum absolute atomic E-state index is 0.00296. The molecule has 12 heteroatoms. The molecule has 0 spiro atoms. The number of fused-ring (bicyclic) bond motifs is 2. The summed E-state index contributed by atoms with van der Waals surface area (Å²) in [5.41, 5.74) is 1.48. The Bertz CT molecular complexity index is 1240. The molecule has 0 radical (unpaired) electrons. The lowest BCUT2D eigenvalue weighted by molar-refractivity contribution is -0.110. The van der Waals surface area contributed by atoms with Crippen molar-refractivity contribution in [3.05, 3.63) is 48.6 Å². The lowest BCUT2D eigenvalue weighted by Crippen LogP contribution is -2.58. The Morgan fingerprint density at radius 3 is 2.67 bits per heavy atom. The van der Waals surface area contributed by atoms with Gasteiger partial charge in [-0.2, -0.15) is 5.10 Å². The van der Waals surface area contributed by atoms with Gasteiger partial charge in [0.25, 0.3) is 0 Å². The molecule has 2 atom stereocenters. The largest absolute Gasteiger partial charge is 0.473 e. The van der Waals surface area contributed by atoms with Crippen LogP contribution in [-0.2, 0) is 9.47 Å². The van der Waals surface area contributed by atoms with E-state index in [0.29, 0.717) is 49.3 Å². The van der Waals surface area contributed by atoms with Crippen molar-refractivity contribution in [1.29, 1.82) is 0 Å². The molecule has 3 aromatic rings. The van der Waals surface area contributed by atoms with Crippen molar-refractivity contribution in [2.75, 3.05) is 31.6 Å². The number of carbonyl (C=O) groups excluding carboxylic acids is 1. The van der Waals surface area contributed by atoms with Crippen LogP contribution < -0.4 is 10.1 Å². The SMILES string of the molecule is Cc1c(Nc2ccc(-n3cncn3)cc2F)ncnc1OC1C2COCC1CN(C(=O)OC1CC1)C2. The molecule has 1 aliphatic carbocycles. The number of hydrogen-bond acceptors (Lipinski definition) is 9. The summed E-state index contributed by atoms with van der Waals surface area (Å²) in [4.78, 5) is 26.8. The lowest BCUT2D eigenvalue weighted by Gasteiger charge is -2.45. The second kappa shape index (κ2) is 9.34. The molecule has 36 heavy (non-hydrogen) atoms. The summed E-state index contributed by atoms with van der Waals surface area (Å²) in [6.07, 6.45) is 5.82. The van der Waals surface area contributed by atoms with E-state index in [9.17, 15) is 9.18 Å². The van der Waals surface area contributed by atoms with Crippen molar-refractivity contribution < 1.29 is 23.4 Å². The van der Waals surface area contributed by atoms with Gasteiger partial charge in [0.15, 0.2) is 0 Å². The Morgan fingerprint density at radius 2 is 1.97 bits per heavy atom. The van der Waals surface area contributed by atoms with Crippen LogP contribution in [0.3, 0.4) is 0 Å². The standard InChI is InChI=1S/C24H26FN7O4/c1-14-22(30-20-5-2-17(6-19(20)25)32-13-26-11-29-32)27-12-28-23(14)36-21-15-7-31(8-16(21)10-34-9-15)24(33)35-18-3-4-18/h2,5-6,11-13,15-16,18,21H,3-4,7-10H2,1H3,(H,27,28,30). The quantitative estimate of drug-likeness (QED) is 0.551. The van der Waals surface area contributed by atoms with E-state index in [-0.39, 0.29) is 35.8 Å². The van der Waals surface area contributed by atoms with E-state index in [1.165, 1.54) is 29.7 Å². The van der Waals surface area contributed by atoms with Crippen LogP contribution in [-0.4, -0.2) is 74.2 Å². The maximum atomic E-state index is 14.8. The Kier molecular flexibility index (Phi) is 5.88. The number of benzene rings is 1. The number of likely N-dealkylation sites (tertiary alicyclic amines) is 1. The average molecular weight is 496 g/mol. The summed E-state index contributed by atoms with van der Waals surface area (Å²) in [5.74, 6) is 0.400. The highest BCUT2D eigenvalue weighted by Crippen LogP contribution is 2.34. The lowest BCUT2D eigenvalue weighted by atomic mass is 9.84. The highest BCUT2D eigenvalue weighted by atomic mass is 19.1. The van der Waals surface area contributed by atoms with Gasteiger partial charge in [0.1, 0.15) is 42.8 Å². The molecular weight excluding hydrogens is 469 g/mol. The second-order valence-electron chi connectivity index (χ2n) is 9.41. The van der Waals surface area contributed by atoms with Gasteiger partial charge in [0.05, 0.1) is 30.2 Å². The molecule has 2 bridgehead atoms. The van der Waals surface area contributed by atoms with Gasteiger partial charge in [-0.3, -0.25) is 0 Å². The number of hydrogen-bond donors (Lipinski definition) is 1. The van der Waals surface area contributed by atoms with E-state index in [0.717, 1.165) is 12.8 Å². The van der Waals surface area contributed by atoms with Crippen LogP contribution in [0.4, 0.5) is 20.7 Å². The number of aromatic nitrogens is 5. The van der Waals surface area contributed by atoms with E-state index in [1.807, 2.05) is 6.92 Å². The monoisotopic (exact) mass is 495 g/mol. The average Bonchev–Trinajstić information content (AvgIpc) is 3.50. The Balaban J connectivity index is 1.16. The van der Waals surface area contributed by atoms with Crippen LogP contribution in [0.2, 0.25) is 0 Å². The van der Waals surface area contributed by atoms with Crippen molar-refractivity contribution in [1.82, 2.24) is 29.6 Å². The molecule has 2 saturated heterocycles. The van der Waals surface area contributed by atoms with Gasteiger partial charge in [-0.05, 0) is 31.9 Å². The van der Waals surface area contributed by atoms with E-state index in [4.69, 9.17) is 14.2 Å². The second-order valence-corrected chi connectivity index (χ2v) is 9.41. The first kappa shape index (κ1) is 22.7. The maximum Gasteiger partial charge on any atom is 0.410 e. The van der Waals surface area contributed by atoms with E-state index < -0.39 is 5.82 Å². The maximum absolute atomic E-state index is 14.8. The molecule has 188 valence electrons. The van der Waals surface area contributed by atoms with Crippen LogP contribution in [0.1, 0.15) is 18.4 Å². The highest BCUT2D eigenvalue weighted by molar-refractivity contribution is 5.68. The summed E-state index contributed by atoms with van der Waals surface area (Å²) < 4.78 is 33.9. The van der Waals surface area contributed by atoms with Crippen LogP contribution in [0.15, 0.2) is 37.2 Å². The topological polar surface area (TPSA) is 117 Å². The van der Waals surface area contributed by atoms with Crippen molar-refractivity contribution >= 4 is 17.6 Å². The molecule has 1 saturated carbocycles. The van der Waals surface area contributed by atoms with Crippen molar-refractivity contribution in [3.63, 3.8) is 0 Å². The molecule has 3 fully saturated rings. The van der Waals surface area contributed by atoms with E-state index in [1.54, 1.807) is 17.0 Å². The third-order valence-electron chi connectivity index (χ3n) is 6.73. The number of piperidine rings is 1. The first-order chi connectivity index (χ1) is 17.5. The fraction of sp³-hybridized carbons (Fsp3) is 0.458. The molecule has 2 aromatic heterocycles. The molecular formula is C24H26FN7O4. The number of anilines is 2. The highest BCUT2D eigenvalue weighted by Gasteiger charge is 2.45. The zero-order chi connectivity index (χ0) is 24.6. The first-order valence-corrected chi connectivity index (χ1v) is 12.0. The van der Waals surface area contributed by atoms with Crippen LogP contribution in [0.5, 0.6) is 5.88 Å². The van der Waals surface area contributed by atoms with Crippen LogP contribution in [0.25, 0.3) is 5.69 Å². The van der Waals surface area contributed by atoms with Gasteiger partial charge >= 0.3 is 6.09 Å². The first-order valence-electron chi connectivity index (χ1n) is 12.0. The zero-order valence-corrected chi connectivity index (χ0v) is 19.7. The van der Waals surface area contributed by atoms with Crippen molar-refractivity contribution in [3.8, 4) is 11.6 Å². The summed E-state index contributed by atoms with van der Waals surface area (Å²) in [5, 5.41) is 7.06.